The van der Waals surface area contributed by atoms with Crippen LogP contribution in [-0.2, 0) is 4.74 Å². The Bertz CT molecular complexity index is 602. The number of nitro benzene ring substituents is 1. The Balaban J connectivity index is 1.97. The third-order valence-corrected chi connectivity index (χ3v) is 3.57. The second-order valence-electron chi connectivity index (χ2n) is 4.56. The summed E-state index contributed by atoms with van der Waals surface area (Å²) in [5.74, 6) is 0. The van der Waals surface area contributed by atoms with Gasteiger partial charge in [-0.3, -0.25) is 10.1 Å². The van der Waals surface area contributed by atoms with E-state index >= 15 is 0 Å². The topological polar surface area (TPSA) is 70.2 Å². The highest BCUT2D eigenvalue weighted by molar-refractivity contribution is 5.78. The fraction of sp³-hybridized carbons (Fsp3) is 0.417. The number of nitro groups is 1. The van der Waals surface area contributed by atoms with Crippen LogP contribution >= 0.6 is 0 Å². The first-order valence-corrected chi connectivity index (χ1v) is 5.83. The SMILES string of the molecule is COC1CC(n2cnc3ccc([N+](=O)[O-])cc32)C1. The second-order valence-corrected chi connectivity index (χ2v) is 4.56. The van der Waals surface area contributed by atoms with Crippen molar-refractivity contribution in [3.05, 3.63) is 34.6 Å². The quantitative estimate of drug-likeness (QED) is 0.616. The number of nitrogens with zero attached hydrogens (tertiary/aromatic N) is 3. The second kappa shape index (κ2) is 4.06. The van der Waals surface area contributed by atoms with Crippen molar-refractivity contribution in [2.75, 3.05) is 7.11 Å². The van der Waals surface area contributed by atoms with Crippen LogP contribution in [0.25, 0.3) is 11.0 Å². The molecule has 0 bridgehead atoms. The molecule has 94 valence electrons. The van der Waals surface area contributed by atoms with Crippen LogP contribution in [0, 0.1) is 10.1 Å². The summed E-state index contributed by atoms with van der Waals surface area (Å²) in [4.78, 5) is 14.7. The van der Waals surface area contributed by atoms with Crippen LogP contribution in [0.3, 0.4) is 0 Å². The van der Waals surface area contributed by atoms with Crippen LogP contribution in [0.5, 0.6) is 0 Å². The molecule has 0 amide bonds. The standard InChI is InChI=1S/C12H13N3O3/c1-18-10-4-9(5-10)14-7-13-11-3-2-8(15(16)17)6-12(11)14/h2-3,6-7,9-10H,4-5H2,1H3. The first kappa shape index (κ1) is 11.2. The Morgan fingerprint density at radius 3 is 2.94 bits per heavy atom. The maximum absolute atomic E-state index is 10.8. The van der Waals surface area contributed by atoms with Crippen molar-refractivity contribution in [3.63, 3.8) is 0 Å². The fourth-order valence-corrected chi connectivity index (χ4v) is 2.38. The van der Waals surface area contributed by atoms with Gasteiger partial charge in [-0.25, -0.2) is 4.98 Å². The van der Waals surface area contributed by atoms with E-state index in [0.717, 1.165) is 23.9 Å². The van der Waals surface area contributed by atoms with Crippen LogP contribution in [0.15, 0.2) is 24.5 Å². The molecule has 1 aliphatic carbocycles. The van der Waals surface area contributed by atoms with E-state index in [1.807, 2.05) is 4.57 Å². The number of imidazole rings is 1. The van der Waals surface area contributed by atoms with E-state index in [1.165, 1.54) is 6.07 Å². The minimum absolute atomic E-state index is 0.104. The van der Waals surface area contributed by atoms with Gasteiger partial charge in [-0.05, 0) is 18.9 Å². The van der Waals surface area contributed by atoms with E-state index in [9.17, 15) is 10.1 Å². The van der Waals surface area contributed by atoms with Crippen molar-refractivity contribution < 1.29 is 9.66 Å². The van der Waals surface area contributed by atoms with Crippen molar-refractivity contribution in [1.82, 2.24) is 9.55 Å². The zero-order chi connectivity index (χ0) is 12.7. The Labute approximate surface area is 103 Å². The molecule has 18 heavy (non-hydrogen) atoms. The van der Waals surface area contributed by atoms with Crippen LogP contribution in [-0.4, -0.2) is 27.7 Å². The predicted molar refractivity (Wildman–Crippen MR) is 65.5 cm³/mol. The number of hydrogen-bond donors (Lipinski definition) is 0. The van der Waals surface area contributed by atoms with Gasteiger partial charge in [-0.1, -0.05) is 0 Å². The molecular weight excluding hydrogens is 234 g/mol. The van der Waals surface area contributed by atoms with Gasteiger partial charge in [0.05, 0.1) is 28.4 Å². The molecule has 6 nitrogen and oxygen atoms in total. The number of fused-ring (bicyclic) bond motifs is 1. The summed E-state index contributed by atoms with van der Waals surface area (Å²) in [6.45, 7) is 0. The summed E-state index contributed by atoms with van der Waals surface area (Å²) >= 11 is 0. The molecule has 1 heterocycles. The molecule has 1 aromatic heterocycles. The van der Waals surface area contributed by atoms with E-state index in [4.69, 9.17) is 4.74 Å². The molecule has 1 aromatic carbocycles. The zero-order valence-corrected chi connectivity index (χ0v) is 9.94. The van der Waals surface area contributed by atoms with Gasteiger partial charge < -0.3 is 9.30 Å². The van der Waals surface area contributed by atoms with E-state index in [1.54, 1.807) is 25.6 Å². The molecule has 1 aliphatic rings. The van der Waals surface area contributed by atoms with Gasteiger partial charge in [-0.15, -0.1) is 0 Å². The number of hydrogen-bond acceptors (Lipinski definition) is 4. The molecule has 2 aromatic rings. The van der Waals surface area contributed by atoms with Crippen molar-refractivity contribution in [1.29, 1.82) is 0 Å². The molecule has 0 aliphatic heterocycles. The molecule has 0 spiro atoms. The van der Waals surface area contributed by atoms with Gasteiger partial charge in [0.25, 0.3) is 5.69 Å². The van der Waals surface area contributed by atoms with E-state index in [-0.39, 0.29) is 10.6 Å². The largest absolute Gasteiger partial charge is 0.381 e. The highest BCUT2D eigenvalue weighted by Gasteiger charge is 2.31. The summed E-state index contributed by atoms with van der Waals surface area (Å²) in [6.07, 6.45) is 3.92. The fourth-order valence-electron chi connectivity index (χ4n) is 2.38. The smallest absolute Gasteiger partial charge is 0.271 e. The van der Waals surface area contributed by atoms with Gasteiger partial charge in [0.2, 0.25) is 0 Å². The minimum atomic E-state index is -0.379. The Kier molecular flexibility index (Phi) is 2.52. The molecule has 0 unspecified atom stereocenters. The molecule has 3 rings (SSSR count). The Morgan fingerprint density at radius 2 is 2.28 bits per heavy atom. The first-order valence-electron chi connectivity index (χ1n) is 5.83. The van der Waals surface area contributed by atoms with Crippen molar-refractivity contribution in [2.24, 2.45) is 0 Å². The van der Waals surface area contributed by atoms with E-state index in [0.29, 0.717) is 12.1 Å². The van der Waals surface area contributed by atoms with Crippen LogP contribution in [0.1, 0.15) is 18.9 Å². The van der Waals surface area contributed by atoms with Crippen molar-refractivity contribution in [3.8, 4) is 0 Å². The summed E-state index contributed by atoms with van der Waals surface area (Å²) in [5.41, 5.74) is 1.72. The minimum Gasteiger partial charge on any atom is -0.381 e. The lowest BCUT2D eigenvalue weighted by Crippen LogP contribution is -2.32. The molecule has 0 N–H and O–H groups in total. The molecule has 0 radical (unpaired) electrons. The molecule has 1 saturated carbocycles. The molecule has 0 atom stereocenters. The number of methoxy groups -OCH3 is 1. The Hall–Kier alpha value is -1.95. The summed E-state index contributed by atoms with van der Waals surface area (Å²) in [6, 6.07) is 5.10. The van der Waals surface area contributed by atoms with Crippen LogP contribution < -0.4 is 0 Å². The molecule has 6 heteroatoms. The van der Waals surface area contributed by atoms with E-state index in [2.05, 4.69) is 4.98 Å². The third kappa shape index (κ3) is 1.65. The van der Waals surface area contributed by atoms with Crippen molar-refractivity contribution in [2.45, 2.75) is 25.0 Å². The normalized spacial score (nSPS) is 22.9. The van der Waals surface area contributed by atoms with Gasteiger partial charge in [0.1, 0.15) is 0 Å². The van der Waals surface area contributed by atoms with Crippen LogP contribution in [0.2, 0.25) is 0 Å². The lowest BCUT2D eigenvalue weighted by atomic mass is 9.89. The lowest BCUT2D eigenvalue weighted by Gasteiger charge is -2.35. The number of benzene rings is 1. The van der Waals surface area contributed by atoms with Crippen molar-refractivity contribution >= 4 is 16.7 Å². The summed E-state index contributed by atoms with van der Waals surface area (Å²) in [5, 5.41) is 10.8. The van der Waals surface area contributed by atoms with Gasteiger partial charge >= 0.3 is 0 Å². The first-order chi connectivity index (χ1) is 8.69. The highest BCUT2D eigenvalue weighted by atomic mass is 16.6. The van der Waals surface area contributed by atoms with Crippen LogP contribution in [0.4, 0.5) is 5.69 Å². The highest BCUT2D eigenvalue weighted by Crippen LogP contribution is 2.36. The number of non-ortho nitro benzene ring substituents is 1. The molecule has 1 fully saturated rings. The number of ether oxygens (including phenoxy) is 1. The van der Waals surface area contributed by atoms with Gasteiger partial charge in [-0.2, -0.15) is 0 Å². The third-order valence-electron chi connectivity index (χ3n) is 3.57. The predicted octanol–water partition coefficient (Wildman–Crippen LogP) is 2.29. The van der Waals surface area contributed by atoms with Gasteiger partial charge in [0, 0.05) is 25.3 Å². The lowest BCUT2D eigenvalue weighted by molar-refractivity contribution is -0.384. The van der Waals surface area contributed by atoms with Gasteiger partial charge in [0.15, 0.2) is 0 Å². The summed E-state index contributed by atoms with van der Waals surface area (Å²) in [7, 11) is 1.71. The Morgan fingerprint density at radius 1 is 1.50 bits per heavy atom. The monoisotopic (exact) mass is 247 g/mol. The number of rotatable bonds is 3. The maximum atomic E-state index is 10.8. The molecule has 0 saturated heterocycles. The zero-order valence-electron chi connectivity index (χ0n) is 9.94. The summed E-state index contributed by atoms with van der Waals surface area (Å²) < 4.78 is 7.26. The molecular formula is C12H13N3O3. The average Bonchev–Trinajstić information content (AvgIpc) is 2.71. The number of aromatic nitrogens is 2. The van der Waals surface area contributed by atoms with E-state index < -0.39 is 0 Å². The maximum Gasteiger partial charge on any atom is 0.271 e. The average molecular weight is 247 g/mol.